The molecule has 0 amide bonds. The Balaban J connectivity index is 1.16. The lowest BCUT2D eigenvalue weighted by Crippen LogP contribution is -2.51. The first-order chi connectivity index (χ1) is 31.7. The van der Waals surface area contributed by atoms with E-state index in [9.17, 15) is 46.1 Å². The normalized spacial score (nSPS) is 12.3. The van der Waals surface area contributed by atoms with E-state index in [2.05, 4.69) is 9.47 Å². The van der Waals surface area contributed by atoms with Crippen LogP contribution >= 0.6 is 0 Å². The Morgan fingerprint density at radius 3 is 1.22 bits per heavy atom. The lowest BCUT2D eigenvalue weighted by atomic mass is 9.66. The number of ether oxygens (including phenoxy) is 4. The van der Waals surface area contributed by atoms with Gasteiger partial charge in [0.1, 0.15) is 23.0 Å². The molecule has 10 nitrogen and oxygen atoms in total. The van der Waals surface area contributed by atoms with E-state index in [1.165, 1.54) is 48.5 Å². The van der Waals surface area contributed by atoms with Gasteiger partial charge in [-0.1, -0.05) is 72.8 Å². The van der Waals surface area contributed by atoms with Gasteiger partial charge in [0, 0.05) is 23.2 Å². The van der Waals surface area contributed by atoms with Crippen molar-refractivity contribution in [2.45, 2.75) is 50.6 Å². The summed E-state index contributed by atoms with van der Waals surface area (Å²) < 4.78 is 93.3. The molecular weight excluding hydrogens is 883 g/mol. The third-order valence-electron chi connectivity index (χ3n) is 10.5. The summed E-state index contributed by atoms with van der Waals surface area (Å²) in [5.74, 6) is -4.68. The SMILES string of the molecule is Nc1ccc(CC(CC/C=C/c2ccc(C(=O)Oc3ccc(OC(F)(F)F)cc3)cc2)(Cc2ccc(N)cc2)C(O)(O)C/C=C/c2ccc(C(=O)Oc3ccc(OC(F)(F)F)cc3)cc2)cc1. The Kier molecular flexibility index (Phi) is 15.4. The summed E-state index contributed by atoms with van der Waals surface area (Å²) in [7, 11) is 0. The van der Waals surface area contributed by atoms with Crippen molar-refractivity contribution in [1.82, 2.24) is 0 Å². The number of halogens is 6. The molecule has 6 rings (SSSR count). The van der Waals surface area contributed by atoms with Crippen molar-refractivity contribution < 1.29 is 65.1 Å². The Morgan fingerprint density at radius 1 is 0.493 bits per heavy atom. The van der Waals surface area contributed by atoms with E-state index in [1.807, 2.05) is 36.4 Å². The van der Waals surface area contributed by atoms with E-state index in [0.29, 0.717) is 23.4 Å². The van der Waals surface area contributed by atoms with E-state index < -0.39 is 47.4 Å². The highest BCUT2D eigenvalue weighted by atomic mass is 19.4. The monoisotopic (exact) mass is 926 g/mol. The molecule has 16 heteroatoms. The minimum absolute atomic E-state index is 0.00803. The quantitative estimate of drug-likeness (QED) is 0.0214. The smallest absolute Gasteiger partial charge is 0.423 e. The topological polar surface area (TPSA) is 164 Å². The van der Waals surface area contributed by atoms with Crippen molar-refractivity contribution in [1.29, 1.82) is 0 Å². The first-order valence-corrected chi connectivity index (χ1v) is 20.6. The van der Waals surface area contributed by atoms with Gasteiger partial charge in [0.05, 0.1) is 11.1 Å². The highest BCUT2D eigenvalue weighted by molar-refractivity contribution is 5.92. The zero-order valence-electron chi connectivity index (χ0n) is 35.5. The van der Waals surface area contributed by atoms with Gasteiger partial charge in [0.2, 0.25) is 0 Å². The third kappa shape index (κ3) is 14.7. The summed E-state index contributed by atoms with van der Waals surface area (Å²) in [5.41, 5.74) is 15.2. The van der Waals surface area contributed by atoms with Gasteiger partial charge in [0.15, 0.2) is 5.79 Å². The Morgan fingerprint density at radius 2 is 0.851 bits per heavy atom. The van der Waals surface area contributed by atoms with Gasteiger partial charge < -0.3 is 40.6 Å². The predicted octanol–water partition coefficient (Wildman–Crippen LogP) is 11.1. The molecule has 6 aromatic rings. The van der Waals surface area contributed by atoms with Crippen LogP contribution in [0.25, 0.3) is 12.2 Å². The van der Waals surface area contributed by atoms with Gasteiger partial charge in [-0.25, -0.2) is 9.59 Å². The number of nitrogen functional groups attached to an aromatic ring is 2. The summed E-state index contributed by atoms with van der Waals surface area (Å²) in [6.07, 6.45) is -1.79. The van der Waals surface area contributed by atoms with Crippen molar-refractivity contribution in [3.8, 4) is 23.0 Å². The molecular formula is C51H44F6N2O8. The number of carbonyl (C=O) groups excluding carboxylic acids is 2. The summed E-state index contributed by atoms with van der Waals surface area (Å²) in [6.45, 7) is 0. The third-order valence-corrected chi connectivity index (χ3v) is 10.5. The zero-order chi connectivity index (χ0) is 48.2. The molecule has 6 N–H and O–H groups in total. The molecule has 0 bridgehead atoms. The molecule has 0 heterocycles. The number of carbonyl (C=O) groups is 2. The second kappa shape index (κ2) is 21.2. The molecule has 0 spiro atoms. The molecule has 0 aliphatic rings. The number of anilines is 2. The maximum atomic E-state index is 12.8. The molecule has 0 fully saturated rings. The molecule has 67 heavy (non-hydrogen) atoms. The summed E-state index contributed by atoms with van der Waals surface area (Å²) in [4.78, 5) is 25.5. The second-order valence-electron chi connectivity index (χ2n) is 15.5. The predicted molar refractivity (Wildman–Crippen MR) is 240 cm³/mol. The molecule has 0 radical (unpaired) electrons. The van der Waals surface area contributed by atoms with Gasteiger partial charge in [-0.15, -0.1) is 26.3 Å². The van der Waals surface area contributed by atoms with E-state index in [0.717, 1.165) is 41.0 Å². The van der Waals surface area contributed by atoms with Crippen molar-refractivity contribution in [3.05, 3.63) is 191 Å². The van der Waals surface area contributed by atoms with Crippen LogP contribution in [0, 0.1) is 5.41 Å². The van der Waals surface area contributed by atoms with Crippen LogP contribution in [0.1, 0.15) is 62.2 Å². The van der Waals surface area contributed by atoms with Gasteiger partial charge in [-0.3, -0.25) is 0 Å². The fraction of sp³-hybridized carbons (Fsp3) is 0.176. The average molecular weight is 927 g/mol. The molecule has 348 valence electrons. The summed E-state index contributed by atoms with van der Waals surface area (Å²) in [6, 6.07) is 35.8. The van der Waals surface area contributed by atoms with Crippen LogP contribution in [0.3, 0.4) is 0 Å². The zero-order valence-corrected chi connectivity index (χ0v) is 35.5. The van der Waals surface area contributed by atoms with Crippen LogP contribution in [-0.4, -0.2) is 40.7 Å². The first kappa shape index (κ1) is 48.9. The lowest BCUT2D eigenvalue weighted by molar-refractivity contribution is -0.275. The molecule has 0 atom stereocenters. The number of hydrogen-bond donors (Lipinski definition) is 4. The number of nitrogens with two attached hydrogens (primary N) is 2. The van der Waals surface area contributed by atoms with E-state index in [-0.39, 0.29) is 48.3 Å². The number of aliphatic hydroxyl groups is 2. The Hall–Kier alpha value is -7.56. The Labute approximate surface area is 381 Å². The highest BCUT2D eigenvalue weighted by Crippen LogP contribution is 2.44. The maximum Gasteiger partial charge on any atom is 0.573 e. The minimum Gasteiger partial charge on any atom is -0.423 e. The number of benzene rings is 6. The fourth-order valence-electron chi connectivity index (χ4n) is 7.14. The van der Waals surface area contributed by atoms with E-state index >= 15 is 0 Å². The van der Waals surface area contributed by atoms with Crippen LogP contribution in [0.2, 0.25) is 0 Å². The summed E-state index contributed by atoms with van der Waals surface area (Å²) in [5, 5.41) is 24.5. The van der Waals surface area contributed by atoms with Crippen molar-refractivity contribution in [2.24, 2.45) is 5.41 Å². The molecule has 0 aliphatic carbocycles. The standard InChI is InChI=1S/C51H44F6N2O8/c52-50(53,54)66-44-26-22-42(23-27-44)64-46(60)38-14-6-34(7-15-38)4-1-2-30-48(32-36-10-18-40(58)19-11-36,33-37-12-20-41(59)21-13-37)49(62,63)31-3-5-35-8-16-39(17-9-35)47(61)65-43-24-28-45(29-25-43)67-51(55,56)57/h1,3-29,62-63H,2,30-33,58-59H2/b4-1+,5-3+. The highest BCUT2D eigenvalue weighted by Gasteiger charge is 2.48. The van der Waals surface area contributed by atoms with Crippen molar-refractivity contribution in [3.63, 3.8) is 0 Å². The lowest BCUT2D eigenvalue weighted by Gasteiger charge is -2.44. The van der Waals surface area contributed by atoms with Gasteiger partial charge in [-0.2, -0.15) is 0 Å². The van der Waals surface area contributed by atoms with Crippen molar-refractivity contribution in [2.75, 3.05) is 11.5 Å². The van der Waals surface area contributed by atoms with Gasteiger partial charge >= 0.3 is 24.7 Å². The maximum absolute atomic E-state index is 12.8. The van der Waals surface area contributed by atoms with Crippen LogP contribution in [0.15, 0.2) is 158 Å². The van der Waals surface area contributed by atoms with Gasteiger partial charge in [-0.05, 0) is 145 Å². The number of allylic oxidation sites excluding steroid dienone is 1. The molecule has 0 saturated heterocycles. The fourth-order valence-corrected chi connectivity index (χ4v) is 7.14. The molecule has 6 aromatic carbocycles. The second-order valence-corrected chi connectivity index (χ2v) is 15.5. The molecule has 0 saturated carbocycles. The average Bonchev–Trinajstić information content (AvgIpc) is 3.27. The van der Waals surface area contributed by atoms with E-state index in [1.54, 1.807) is 60.7 Å². The molecule has 0 unspecified atom stereocenters. The van der Waals surface area contributed by atoms with E-state index in [4.69, 9.17) is 20.9 Å². The Bertz CT molecular complexity index is 2580. The van der Waals surface area contributed by atoms with Crippen LogP contribution in [-0.2, 0) is 12.8 Å². The molecule has 0 aromatic heterocycles. The number of alkyl halides is 6. The van der Waals surface area contributed by atoms with Crippen LogP contribution in [0.5, 0.6) is 23.0 Å². The van der Waals surface area contributed by atoms with Crippen molar-refractivity contribution >= 4 is 35.5 Å². The molecule has 0 aliphatic heterocycles. The first-order valence-electron chi connectivity index (χ1n) is 20.6. The number of hydrogen-bond acceptors (Lipinski definition) is 10. The van der Waals surface area contributed by atoms with Gasteiger partial charge in [0.25, 0.3) is 0 Å². The number of rotatable bonds is 18. The van der Waals surface area contributed by atoms with Crippen LogP contribution in [0.4, 0.5) is 37.7 Å². The van der Waals surface area contributed by atoms with Crippen LogP contribution < -0.4 is 30.4 Å². The summed E-state index contributed by atoms with van der Waals surface area (Å²) >= 11 is 0. The number of esters is 2. The largest absolute Gasteiger partial charge is 0.573 e. The minimum atomic E-state index is -4.87.